The van der Waals surface area contributed by atoms with E-state index in [0.29, 0.717) is 0 Å². The van der Waals surface area contributed by atoms with Crippen LogP contribution in [0.3, 0.4) is 0 Å². The molecule has 4 aromatic rings. The molecule has 0 unspecified atom stereocenters. The van der Waals surface area contributed by atoms with Crippen LogP contribution in [-0.4, -0.2) is 0 Å². The fourth-order valence-corrected chi connectivity index (χ4v) is 7.41. The monoisotopic (exact) mass is 814 g/mol. The van der Waals surface area contributed by atoms with Gasteiger partial charge in [0.1, 0.15) is 0 Å². The van der Waals surface area contributed by atoms with Crippen LogP contribution in [0.4, 0.5) is 0 Å². The number of hydrogen-bond donors (Lipinski definition) is 0. The molecule has 0 saturated heterocycles. The Morgan fingerprint density at radius 1 is 0.381 bits per heavy atom. The summed E-state index contributed by atoms with van der Waals surface area (Å²) in [7, 11) is 0. The first-order chi connectivity index (χ1) is 30.9. The molecule has 0 aromatic heterocycles. The van der Waals surface area contributed by atoms with E-state index in [2.05, 4.69) is 169 Å². The molecule has 63 heavy (non-hydrogen) atoms. The van der Waals surface area contributed by atoms with Gasteiger partial charge in [-0.05, 0) is 96.0 Å². The predicted molar refractivity (Wildman–Crippen MR) is 284 cm³/mol. The van der Waals surface area contributed by atoms with Crippen molar-refractivity contribution in [2.24, 2.45) is 0 Å². The molecule has 0 aliphatic carbocycles. The maximum absolute atomic E-state index is 4.41. The molecular weight excluding hydrogens is 757 g/mol. The van der Waals surface area contributed by atoms with Gasteiger partial charge in [-0.3, -0.25) is 0 Å². The van der Waals surface area contributed by atoms with E-state index in [1.165, 1.54) is 0 Å². The van der Waals surface area contributed by atoms with Gasteiger partial charge in [-0.15, -0.1) is 0 Å². The van der Waals surface area contributed by atoms with Gasteiger partial charge in [0.15, 0.2) is 0 Å². The third-order valence-electron chi connectivity index (χ3n) is 10.1. The van der Waals surface area contributed by atoms with E-state index in [-0.39, 0.29) is 0 Å². The van der Waals surface area contributed by atoms with Crippen molar-refractivity contribution in [2.45, 2.75) is 6.92 Å². The third-order valence-corrected chi connectivity index (χ3v) is 10.1. The second kappa shape index (κ2) is 25.5. The maximum Gasteiger partial charge on any atom is -0.00206 e. The molecule has 310 valence electrons. The van der Waals surface area contributed by atoms with Crippen molar-refractivity contribution in [1.82, 2.24) is 0 Å². The molecule has 0 atom stereocenters. The van der Waals surface area contributed by atoms with Crippen molar-refractivity contribution >= 4 is 22.3 Å². The Labute approximate surface area is 378 Å². The first-order valence-electron chi connectivity index (χ1n) is 20.9. The van der Waals surface area contributed by atoms with E-state index in [1.54, 1.807) is 36.5 Å². The quantitative estimate of drug-likeness (QED) is 0.0694. The van der Waals surface area contributed by atoms with E-state index in [9.17, 15) is 0 Å². The van der Waals surface area contributed by atoms with Gasteiger partial charge in [0, 0.05) is 0 Å². The van der Waals surface area contributed by atoms with Crippen LogP contribution in [0.15, 0.2) is 306 Å². The van der Waals surface area contributed by atoms with Crippen molar-refractivity contribution in [3.8, 4) is 22.3 Å². The SMILES string of the molecule is C=CC=C(/C=C\C=C)/C(C=C)=C(/C(=C(C=C)/C(/C=C\C=C)=C/C=C)c1ccccc1)c1ccc(-c2c(C(/C=C\C=C)=C/C)ccc(C(/C=C\C=C)=C/C=C)c2-c2ccccc2)cc1. The van der Waals surface area contributed by atoms with Gasteiger partial charge >= 0.3 is 0 Å². The molecule has 0 heteroatoms. The average Bonchev–Trinajstić information content (AvgIpc) is 3.32. The smallest absolute Gasteiger partial charge is 0.00206 e. The summed E-state index contributed by atoms with van der Waals surface area (Å²) in [6.07, 6.45) is 40.6. The Balaban J connectivity index is 2.32. The Kier molecular flexibility index (Phi) is 19.3. The highest BCUT2D eigenvalue weighted by Gasteiger charge is 2.23. The number of benzene rings is 4. The van der Waals surface area contributed by atoms with Gasteiger partial charge in [0.05, 0.1) is 0 Å². The predicted octanol–water partition coefficient (Wildman–Crippen LogP) is 17.8. The summed E-state index contributed by atoms with van der Waals surface area (Å²) >= 11 is 0. The summed E-state index contributed by atoms with van der Waals surface area (Å²) in [5.41, 5.74) is 16.0. The van der Waals surface area contributed by atoms with Gasteiger partial charge in [-0.2, -0.15) is 0 Å². The summed E-state index contributed by atoms with van der Waals surface area (Å²) in [4.78, 5) is 0. The number of hydrogen-bond acceptors (Lipinski definition) is 0. The van der Waals surface area contributed by atoms with E-state index in [0.717, 1.165) is 89.1 Å². The van der Waals surface area contributed by atoms with Crippen molar-refractivity contribution in [2.75, 3.05) is 0 Å². The lowest BCUT2D eigenvalue weighted by Crippen LogP contribution is -2.02. The molecule has 4 rings (SSSR count). The van der Waals surface area contributed by atoms with Gasteiger partial charge in [-0.1, -0.05) is 284 Å². The van der Waals surface area contributed by atoms with E-state index >= 15 is 0 Å². The Morgan fingerprint density at radius 2 is 0.778 bits per heavy atom. The van der Waals surface area contributed by atoms with E-state index < -0.39 is 0 Å². The molecule has 4 aromatic carbocycles. The van der Waals surface area contributed by atoms with Crippen molar-refractivity contribution in [3.63, 3.8) is 0 Å². The topological polar surface area (TPSA) is 0 Å². The molecule has 0 amide bonds. The van der Waals surface area contributed by atoms with Crippen LogP contribution in [0.25, 0.3) is 44.5 Å². The molecule has 0 aliphatic rings. The Bertz CT molecular complexity index is 2660. The van der Waals surface area contributed by atoms with Crippen molar-refractivity contribution < 1.29 is 0 Å². The van der Waals surface area contributed by atoms with Crippen LogP contribution in [0.5, 0.6) is 0 Å². The number of rotatable bonds is 22. The molecule has 0 fully saturated rings. The molecule has 0 spiro atoms. The normalized spacial score (nSPS) is 13.4. The first kappa shape index (κ1) is 47.6. The first-order valence-corrected chi connectivity index (χ1v) is 20.9. The number of allylic oxidation sites excluding steroid dienone is 29. The molecule has 0 bridgehead atoms. The minimum Gasteiger partial charge on any atom is -0.0991 e. The Hall–Kier alpha value is -8.06. The molecule has 0 heterocycles. The fraction of sp³-hybridized carbons (Fsp3) is 0.0159. The van der Waals surface area contributed by atoms with Crippen LogP contribution in [0, 0.1) is 0 Å². The summed E-state index contributed by atoms with van der Waals surface area (Å²) < 4.78 is 0. The highest BCUT2D eigenvalue weighted by atomic mass is 14.3. The second-order valence-corrected chi connectivity index (χ2v) is 13.9. The van der Waals surface area contributed by atoms with E-state index in [1.807, 2.05) is 85.0 Å². The lowest BCUT2D eigenvalue weighted by atomic mass is 9.80. The molecule has 0 aliphatic heterocycles. The van der Waals surface area contributed by atoms with Gasteiger partial charge in [0.2, 0.25) is 0 Å². The molecule has 0 N–H and O–H groups in total. The van der Waals surface area contributed by atoms with Gasteiger partial charge in [-0.25, -0.2) is 0 Å². The van der Waals surface area contributed by atoms with Crippen LogP contribution in [0.2, 0.25) is 0 Å². The second-order valence-electron chi connectivity index (χ2n) is 13.9. The zero-order chi connectivity index (χ0) is 45.4. The largest absolute Gasteiger partial charge is 0.0991 e. The van der Waals surface area contributed by atoms with Crippen LogP contribution >= 0.6 is 0 Å². The van der Waals surface area contributed by atoms with Crippen LogP contribution in [0.1, 0.15) is 29.2 Å². The zero-order valence-corrected chi connectivity index (χ0v) is 36.7. The highest BCUT2D eigenvalue weighted by Crippen LogP contribution is 2.46. The van der Waals surface area contributed by atoms with E-state index in [4.69, 9.17) is 0 Å². The maximum atomic E-state index is 4.41. The van der Waals surface area contributed by atoms with Gasteiger partial charge < -0.3 is 0 Å². The molecule has 0 nitrogen and oxygen atoms in total. The summed E-state index contributed by atoms with van der Waals surface area (Å²) in [6.45, 7) is 38.9. The molecular formula is C63H58. The summed E-state index contributed by atoms with van der Waals surface area (Å²) in [6, 6.07) is 34.2. The lowest BCUT2D eigenvalue weighted by molar-refractivity contribution is 1.47. The summed E-state index contributed by atoms with van der Waals surface area (Å²) in [5.74, 6) is 0. The zero-order valence-electron chi connectivity index (χ0n) is 36.7. The summed E-state index contributed by atoms with van der Waals surface area (Å²) in [5, 5.41) is 0. The Morgan fingerprint density at radius 3 is 1.21 bits per heavy atom. The average molecular weight is 815 g/mol. The molecule has 0 radical (unpaired) electrons. The van der Waals surface area contributed by atoms with Crippen molar-refractivity contribution in [1.29, 1.82) is 0 Å². The highest BCUT2D eigenvalue weighted by molar-refractivity contribution is 6.11. The minimum absolute atomic E-state index is 0.899. The minimum atomic E-state index is 0.899. The van der Waals surface area contributed by atoms with Crippen molar-refractivity contribution in [3.05, 3.63) is 328 Å². The standard InChI is InChI=1S/C63H58/c1-11-21-34-48(18-8)58-46-47-59(51(33-17-7)37-24-14-4)62(53-40-29-26-30-41-53)63(58)55-44-42-54(43-45-55)61(57(20-10)50(32-16-6)36-23-13-3)60(52-38-27-25-28-39-52)56(19-9)49(31-15-5)35-22-12-2/h11-47H,1-7,9-10H2,8H3/b34-21-,35-22-,36-23-,37-24-,48-18+,49-31+,50-32?,51-33+,60-56+,61-57+. The van der Waals surface area contributed by atoms with Crippen LogP contribution in [-0.2, 0) is 0 Å². The third kappa shape index (κ3) is 12.0. The lowest BCUT2D eigenvalue weighted by Gasteiger charge is -2.24. The van der Waals surface area contributed by atoms with Gasteiger partial charge in [0.25, 0.3) is 0 Å². The van der Waals surface area contributed by atoms with Crippen LogP contribution < -0.4 is 0 Å². The fourth-order valence-electron chi connectivity index (χ4n) is 7.41. The molecule has 0 saturated carbocycles.